The molecular formula is C56H36N2. The largest absolute Gasteiger partial charge is 0.245 e. The van der Waals surface area contributed by atoms with Gasteiger partial charge >= 0.3 is 0 Å². The molecule has 0 spiro atoms. The van der Waals surface area contributed by atoms with Crippen LogP contribution in [0.15, 0.2) is 218 Å². The predicted molar refractivity (Wildman–Crippen MR) is 245 cm³/mol. The third kappa shape index (κ3) is 5.91. The maximum absolute atomic E-state index is 5.60. The summed E-state index contributed by atoms with van der Waals surface area (Å²) in [4.78, 5) is 11.2. The number of benzene rings is 9. The Bertz CT molecular complexity index is 3060. The second-order valence-corrected chi connectivity index (χ2v) is 14.9. The average Bonchev–Trinajstić information content (AvgIpc) is 3.31. The number of hydrogen-bond donors (Lipinski definition) is 0. The van der Waals surface area contributed by atoms with Crippen molar-refractivity contribution in [2.24, 2.45) is 0 Å². The van der Waals surface area contributed by atoms with Crippen LogP contribution in [0.25, 0.3) is 110 Å². The van der Waals surface area contributed by atoms with Gasteiger partial charge in [-0.15, -0.1) is 0 Å². The van der Waals surface area contributed by atoms with Gasteiger partial charge in [-0.05, 0) is 78.2 Å². The lowest BCUT2D eigenvalue weighted by atomic mass is 9.91. The Morgan fingerprint density at radius 3 is 1.00 bits per heavy atom. The number of pyridine rings is 2. The molecule has 0 unspecified atom stereocenters. The van der Waals surface area contributed by atoms with E-state index in [1.807, 2.05) is 0 Å². The molecule has 0 fully saturated rings. The molecule has 0 bridgehead atoms. The van der Waals surface area contributed by atoms with Crippen LogP contribution in [0.2, 0.25) is 0 Å². The Morgan fingerprint density at radius 1 is 0.224 bits per heavy atom. The first-order valence-electron chi connectivity index (χ1n) is 19.8. The van der Waals surface area contributed by atoms with E-state index < -0.39 is 0 Å². The smallest absolute Gasteiger partial charge is 0.0978 e. The average molecular weight is 737 g/mol. The molecule has 11 aromatic rings. The van der Waals surface area contributed by atoms with Crippen LogP contribution in [0.1, 0.15) is 0 Å². The molecular weight excluding hydrogens is 701 g/mol. The standard InChI is InChI=1S/C56H36N2/c1-3-13-37(14-4-1)39-25-29-43(30-26-39)51-35-53(47-23-11-19-41-17-7-9-21-45(41)47)57-55-49(51)33-34-50-52(44-31-27-40(28-32-44)38-15-5-2-6-16-38)36-54(58-56(50)55)48-24-12-20-42-18-8-10-22-46(42)48/h1-36H. The normalized spacial score (nSPS) is 11.4. The van der Waals surface area contributed by atoms with E-state index in [1.165, 1.54) is 43.8 Å². The minimum atomic E-state index is 0.884. The summed E-state index contributed by atoms with van der Waals surface area (Å²) in [7, 11) is 0. The number of fused-ring (bicyclic) bond motifs is 5. The number of hydrogen-bond acceptors (Lipinski definition) is 2. The molecule has 0 aliphatic rings. The molecule has 0 atom stereocenters. The molecule has 0 N–H and O–H groups in total. The van der Waals surface area contributed by atoms with Crippen molar-refractivity contribution in [3.63, 3.8) is 0 Å². The van der Waals surface area contributed by atoms with Gasteiger partial charge in [-0.3, -0.25) is 0 Å². The molecule has 270 valence electrons. The maximum Gasteiger partial charge on any atom is 0.0978 e. The molecule has 2 nitrogen and oxygen atoms in total. The third-order valence-electron chi connectivity index (χ3n) is 11.5. The van der Waals surface area contributed by atoms with E-state index in [0.717, 1.165) is 66.6 Å². The van der Waals surface area contributed by atoms with Crippen molar-refractivity contribution in [1.29, 1.82) is 0 Å². The Balaban J connectivity index is 1.20. The molecule has 2 heteroatoms. The first-order valence-corrected chi connectivity index (χ1v) is 19.8. The van der Waals surface area contributed by atoms with Crippen LogP contribution in [0, 0.1) is 0 Å². The van der Waals surface area contributed by atoms with E-state index in [4.69, 9.17) is 9.97 Å². The van der Waals surface area contributed by atoms with E-state index in [9.17, 15) is 0 Å². The second-order valence-electron chi connectivity index (χ2n) is 14.9. The Hall–Kier alpha value is -7.68. The lowest BCUT2D eigenvalue weighted by molar-refractivity contribution is 1.37. The van der Waals surface area contributed by atoms with Gasteiger partial charge in [0.15, 0.2) is 0 Å². The molecule has 0 saturated heterocycles. The van der Waals surface area contributed by atoms with Crippen molar-refractivity contribution >= 4 is 43.4 Å². The molecule has 0 aliphatic carbocycles. The molecule has 0 aliphatic heterocycles. The fraction of sp³-hybridized carbons (Fsp3) is 0. The van der Waals surface area contributed by atoms with Gasteiger partial charge < -0.3 is 0 Å². The first kappa shape index (κ1) is 33.6. The SMILES string of the molecule is c1ccc(-c2ccc(-c3cc(-c4cccc5ccccc45)nc4c3ccc3c(-c5ccc(-c6ccccc6)cc5)cc(-c5cccc6ccccc56)nc34)cc2)cc1. The van der Waals surface area contributed by atoms with Gasteiger partial charge in [0, 0.05) is 21.9 Å². The third-order valence-corrected chi connectivity index (χ3v) is 11.5. The monoisotopic (exact) mass is 736 g/mol. The molecule has 2 aromatic heterocycles. The van der Waals surface area contributed by atoms with E-state index in [1.54, 1.807) is 0 Å². The zero-order valence-electron chi connectivity index (χ0n) is 31.7. The van der Waals surface area contributed by atoms with Gasteiger partial charge in [0.1, 0.15) is 0 Å². The summed E-state index contributed by atoms with van der Waals surface area (Å²) < 4.78 is 0. The van der Waals surface area contributed by atoms with Gasteiger partial charge in [-0.25, -0.2) is 9.97 Å². The zero-order chi connectivity index (χ0) is 38.4. The summed E-state index contributed by atoms with van der Waals surface area (Å²) in [5.41, 5.74) is 15.1. The number of aromatic nitrogens is 2. The lowest BCUT2D eigenvalue weighted by Gasteiger charge is -2.17. The topological polar surface area (TPSA) is 25.8 Å². The molecule has 58 heavy (non-hydrogen) atoms. The molecule has 0 saturated carbocycles. The van der Waals surface area contributed by atoms with Crippen LogP contribution < -0.4 is 0 Å². The maximum atomic E-state index is 5.60. The predicted octanol–water partition coefficient (Wildman–Crippen LogP) is 15.1. The van der Waals surface area contributed by atoms with Gasteiger partial charge in [-0.1, -0.05) is 206 Å². The van der Waals surface area contributed by atoms with E-state index in [-0.39, 0.29) is 0 Å². The van der Waals surface area contributed by atoms with Crippen LogP contribution in [0.3, 0.4) is 0 Å². The van der Waals surface area contributed by atoms with Crippen LogP contribution in [-0.2, 0) is 0 Å². The molecule has 2 heterocycles. The first-order chi connectivity index (χ1) is 28.7. The number of nitrogens with zero attached hydrogens (tertiary/aromatic N) is 2. The van der Waals surface area contributed by atoms with Crippen LogP contribution in [0.5, 0.6) is 0 Å². The van der Waals surface area contributed by atoms with E-state index in [0.29, 0.717) is 0 Å². The van der Waals surface area contributed by atoms with Gasteiger partial charge in [0.2, 0.25) is 0 Å². The quantitative estimate of drug-likeness (QED) is 0.159. The molecule has 9 aromatic carbocycles. The van der Waals surface area contributed by atoms with E-state index >= 15 is 0 Å². The molecule has 0 amide bonds. The summed E-state index contributed by atoms with van der Waals surface area (Å²) in [5.74, 6) is 0. The summed E-state index contributed by atoms with van der Waals surface area (Å²) in [6.45, 7) is 0. The van der Waals surface area contributed by atoms with Crippen molar-refractivity contribution in [2.45, 2.75) is 0 Å². The second kappa shape index (κ2) is 14.1. The lowest BCUT2D eigenvalue weighted by Crippen LogP contribution is -1.96. The fourth-order valence-corrected chi connectivity index (χ4v) is 8.57. The van der Waals surface area contributed by atoms with Crippen LogP contribution >= 0.6 is 0 Å². The highest BCUT2D eigenvalue weighted by Crippen LogP contribution is 2.42. The van der Waals surface area contributed by atoms with Crippen molar-refractivity contribution < 1.29 is 0 Å². The molecule has 0 radical (unpaired) electrons. The Kier molecular flexibility index (Phi) is 8.19. The highest BCUT2D eigenvalue weighted by atomic mass is 14.8. The summed E-state index contributed by atoms with van der Waals surface area (Å²) >= 11 is 0. The Labute approximate surface area is 337 Å². The highest BCUT2D eigenvalue weighted by Gasteiger charge is 2.19. The number of rotatable bonds is 6. The Morgan fingerprint density at radius 2 is 0.569 bits per heavy atom. The van der Waals surface area contributed by atoms with Gasteiger partial charge in [-0.2, -0.15) is 0 Å². The molecule has 11 rings (SSSR count). The van der Waals surface area contributed by atoms with Crippen LogP contribution in [-0.4, -0.2) is 9.97 Å². The highest BCUT2D eigenvalue weighted by molar-refractivity contribution is 6.14. The van der Waals surface area contributed by atoms with Gasteiger partial charge in [0.25, 0.3) is 0 Å². The zero-order valence-corrected chi connectivity index (χ0v) is 31.7. The van der Waals surface area contributed by atoms with E-state index in [2.05, 4.69) is 218 Å². The summed E-state index contributed by atoms with van der Waals surface area (Å²) in [6, 6.07) is 78.2. The van der Waals surface area contributed by atoms with Crippen molar-refractivity contribution in [2.75, 3.05) is 0 Å². The minimum absolute atomic E-state index is 0.884. The minimum Gasteiger partial charge on any atom is -0.245 e. The fourth-order valence-electron chi connectivity index (χ4n) is 8.57. The van der Waals surface area contributed by atoms with Gasteiger partial charge in [0.05, 0.1) is 22.4 Å². The van der Waals surface area contributed by atoms with Crippen LogP contribution in [0.4, 0.5) is 0 Å². The van der Waals surface area contributed by atoms with Crippen molar-refractivity contribution in [3.05, 3.63) is 218 Å². The van der Waals surface area contributed by atoms with Crippen molar-refractivity contribution in [3.8, 4) is 67.0 Å². The summed E-state index contributed by atoms with van der Waals surface area (Å²) in [5, 5.41) is 6.85. The summed E-state index contributed by atoms with van der Waals surface area (Å²) in [6.07, 6.45) is 0. The van der Waals surface area contributed by atoms with Crippen molar-refractivity contribution in [1.82, 2.24) is 9.97 Å².